The third-order valence-corrected chi connectivity index (χ3v) is 3.92. The lowest BCUT2D eigenvalue weighted by Gasteiger charge is -2.19. The Morgan fingerprint density at radius 3 is 3.10 bits per heavy atom. The number of nitrogens with one attached hydrogen (secondary N) is 1. The second-order valence-electron chi connectivity index (χ2n) is 5.16. The van der Waals surface area contributed by atoms with Crippen molar-refractivity contribution in [2.45, 2.75) is 33.4 Å². The number of aryl methyl sites for hydroxylation is 1. The zero-order valence-corrected chi connectivity index (χ0v) is 12.3. The van der Waals surface area contributed by atoms with E-state index in [2.05, 4.69) is 10.4 Å². The van der Waals surface area contributed by atoms with E-state index in [4.69, 9.17) is 4.74 Å². The summed E-state index contributed by atoms with van der Waals surface area (Å²) in [4.78, 5) is 12.5. The summed E-state index contributed by atoms with van der Waals surface area (Å²) in [5, 5.41) is 7.22. The van der Waals surface area contributed by atoms with Crippen molar-refractivity contribution in [3.8, 4) is 0 Å². The van der Waals surface area contributed by atoms with Crippen LogP contribution in [0.15, 0.2) is 24.4 Å². The summed E-state index contributed by atoms with van der Waals surface area (Å²) in [6, 6.07) is 5.80. The van der Waals surface area contributed by atoms with Gasteiger partial charge < -0.3 is 10.1 Å². The molecule has 0 saturated carbocycles. The third kappa shape index (κ3) is 2.56. The van der Waals surface area contributed by atoms with Crippen molar-refractivity contribution in [1.82, 2.24) is 9.78 Å². The number of rotatable bonds is 3. The number of hydrogen-bond donors (Lipinski definition) is 1. The van der Waals surface area contributed by atoms with Gasteiger partial charge in [-0.25, -0.2) is 0 Å². The normalized spacial score (nSPS) is 13.8. The molecule has 0 unspecified atom stereocenters. The van der Waals surface area contributed by atoms with Crippen LogP contribution < -0.4 is 5.32 Å². The lowest BCUT2D eigenvalue weighted by molar-refractivity contribution is 0.100. The number of amides is 1. The van der Waals surface area contributed by atoms with Crippen molar-refractivity contribution >= 4 is 11.6 Å². The van der Waals surface area contributed by atoms with E-state index in [0.717, 1.165) is 41.0 Å². The molecule has 5 heteroatoms. The van der Waals surface area contributed by atoms with Crippen LogP contribution in [0.1, 0.15) is 34.1 Å². The first-order chi connectivity index (χ1) is 10.2. The number of aromatic nitrogens is 2. The Balaban J connectivity index is 1.87. The number of carbonyl (C=O) groups is 1. The van der Waals surface area contributed by atoms with E-state index in [1.807, 2.05) is 36.7 Å². The van der Waals surface area contributed by atoms with Crippen LogP contribution in [0.3, 0.4) is 0 Å². The first-order valence-corrected chi connectivity index (χ1v) is 7.23. The zero-order chi connectivity index (χ0) is 14.8. The minimum Gasteiger partial charge on any atom is -0.376 e. The molecule has 110 valence electrons. The number of nitrogens with zero attached hydrogens (tertiary/aromatic N) is 2. The van der Waals surface area contributed by atoms with Gasteiger partial charge in [-0.05, 0) is 37.5 Å². The summed E-state index contributed by atoms with van der Waals surface area (Å²) >= 11 is 0. The summed E-state index contributed by atoms with van der Waals surface area (Å²) in [6.07, 6.45) is 2.49. The van der Waals surface area contributed by atoms with Crippen LogP contribution in [-0.2, 0) is 24.3 Å². The number of ether oxygens (including phenoxy) is 1. The van der Waals surface area contributed by atoms with E-state index in [9.17, 15) is 4.79 Å². The summed E-state index contributed by atoms with van der Waals surface area (Å²) < 4.78 is 7.31. The molecule has 1 aliphatic heterocycles. The highest BCUT2D eigenvalue weighted by atomic mass is 16.5. The maximum atomic E-state index is 12.5. The van der Waals surface area contributed by atoms with Crippen LogP contribution in [0.4, 0.5) is 5.69 Å². The van der Waals surface area contributed by atoms with Gasteiger partial charge in [0.05, 0.1) is 30.8 Å². The van der Waals surface area contributed by atoms with E-state index in [1.165, 1.54) is 0 Å². The summed E-state index contributed by atoms with van der Waals surface area (Å²) in [5.74, 6) is -0.0764. The molecule has 0 bridgehead atoms. The predicted molar refractivity (Wildman–Crippen MR) is 80.4 cm³/mol. The molecule has 1 N–H and O–H groups in total. The Kier molecular flexibility index (Phi) is 3.75. The highest BCUT2D eigenvalue weighted by Crippen LogP contribution is 2.22. The minimum atomic E-state index is -0.0764. The van der Waals surface area contributed by atoms with Gasteiger partial charge in [0.1, 0.15) is 0 Å². The largest absolute Gasteiger partial charge is 0.376 e. The fraction of sp³-hybridized carbons (Fsp3) is 0.375. The van der Waals surface area contributed by atoms with Crippen LogP contribution in [0.25, 0.3) is 0 Å². The quantitative estimate of drug-likeness (QED) is 0.943. The van der Waals surface area contributed by atoms with E-state index in [-0.39, 0.29) is 5.91 Å². The van der Waals surface area contributed by atoms with Crippen molar-refractivity contribution in [1.29, 1.82) is 0 Å². The number of hydrogen-bond acceptors (Lipinski definition) is 3. The molecule has 1 amide bonds. The number of carbonyl (C=O) groups excluding carboxylic acids is 1. The molecule has 0 aliphatic carbocycles. The molecular weight excluding hydrogens is 266 g/mol. The third-order valence-electron chi connectivity index (χ3n) is 3.92. The SMILES string of the molecule is CCn1ncc(NC(=O)c2cccc3c2CCOC3)c1C. The van der Waals surface area contributed by atoms with E-state index in [1.54, 1.807) is 6.20 Å². The molecule has 2 heterocycles. The average molecular weight is 285 g/mol. The molecule has 21 heavy (non-hydrogen) atoms. The Labute approximate surface area is 123 Å². The predicted octanol–water partition coefficient (Wildman–Crippen LogP) is 2.54. The van der Waals surface area contributed by atoms with Crippen LogP contribution in [0.5, 0.6) is 0 Å². The van der Waals surface area contributed by atoms with Crippen LogP contribution in [0, 0.1) is 6.92 Å². The van der Waals surface area contributed by atoms with Gasteiger partial charge in [0.25, 0.3) is 5.91 Å². The van der Waals surface area contributed by atoms with Crippen LogP contribution in [0.2, 0.25) is 0 Å². The van der Waals surface area contributed by atoms with Crippen molar-refractivity contribution in [2.75, 3.05) is 11.9 Å². The van der Waals surface area contributed by atoms with E-state index in [0.29, 0.717) is 13.2 Å². The maximum Gasteiger partial charge on any atom is 0.256 e. The zero-order valence-electron chi connectivity index (χ0n) is 12.3. The molecule has 0 radical (unpaired) electrons. The minimum absolute atomic E-state index is 0.0764. The van der Waals surface area contributed by atoms with E-state index < -0.39 is 0 Å². The molecule has 3 rings (SSSR count). The first-order valence-electron chi connectivity index (χ1n) is 7.23. The molecule has 1 aromatic carbocycles. The van der Waals surface area contributed by atoms with Gasteiger partial charge in [-0.15, -0.1) is 0 Å². The molecular formula is C16H19N3O2. The summed E-state index contributed by atoms with van der Waals surface area (Å²) in [5.41, 5.74) is 4.68. The van der Waals surface area contributed by atoms with Crippen molar-refractivity contribution in [2.24, 2.45) is 0 Å². The highest BCUT2D eigenvalue weighted by Gasteiger charge is 2.19. The molecule has 5 nitrogen and oxygen atoms in total. The van der Waals surface area contributed by atoms with Gasteiger partial charge in [-0.1, -0.05) is 12.1 Å². The van der Waals surface area contributed by atoms with Crippen molar-refractivity contribution < 1.29 is 9.53 Å². The van der Waals surface area contributed by atoms with Crippen molar-refractivity contribution in [3.05, 3.63) is 46.8 Å². The average Bonchev–Trinajstić information content (AvgIpc) is 2.87. The van der Waals surface area contributed by atoms with Gasteiger partial charge in [0, 0.05) is 12.1 Å². The standard InChI is InChI=1S/C16H19N3O2/c1-3-19-11(2)15(9-17-19)18-16(20)14-6-4-5-12-10-21-8-7-13(12)14/h4-6,9H,3,7-8,10H2,1-2H3,(H,18,20). The molecule has 0 spiro atoms. The van der Waals surface area contributed by atoms with Crippen molar-refractivity contribution in [3.63, 3.8) is 0 Å². The molecule has 0 atom stereocenters. The molecule has 0 fully saturated rings. The van der Waals surface area contributed by atoms with Gasteiger partial charge in [0.2, 0.25) is 0 Å². The van der Waals surface area contributed by atoms with Gasteiger partial charge in [-0.3, -0.25) is 9.48 Å². The second kappa shape index (κ2) is 5.69. The second-order valence-corrected chi connectivity index (χ2v) is 5.16. The van der Waals surface area contributed by atoms with Crippen LogP contribution >= 0.6 is 0 Å². The Morgan fingerprint density at radius 2 is 2.33 bits per heavy atom. The number of benzene rings is 1. The Bertz CT molecular complexity index is 676. The molecule has 0 saturated heterocycles. The number of fused-ring (bicyclic) bond motifs is 1. The van der Waals surface area contributed by atoms with E-state index >= 15 is 0 Å². The highest BCUT2D eigenvalue weighted by molar-refractivity contribution is 6.05. The van der Waals surface area contributed by atoms with Crippen LogP contribution in [-0.4, -0.2) is 22.3 Å². The lowest BCUT2D eigenvalue weighted by Crippen LogP contribution is -2.19. The monoisotopic (exact) mass is 285 g/mol. The summed E-state index contributed by atoms with van der Waals surface area (Å²) in [7, 11) is 0. The van der Waals surface area contributed by atoms with Gasteiger partial charge in [0.15, 0.2) is 0 Å². The summed E-state index contributed by atoms with van der Waals surface area (Å²) in [6.45, 7) is 6.03. The maximum absolute atomic E-state index is 12.5. The smallest absolute Gasteiger partial charge is 0.256 e. The topological polar surface area (TPSA) is 56.2 Å². The fourth-order valence-electron chi connectivity index (χ4n) is 2.71. The first kappa shape index (κ1) is 13.8. The Morgan fingerprint density at radius 1 is 1.48 bits per heavy atom. The lowest BCUT2D eigenvalue weighted by atomic mass is 9.96. The number of anilines is 1. The van der Waals surface area contributed by atoms with Gasteiger partial charge >= 0.3 is 0 Å². The molecule has 2 aromatic rings. The fourth-order valence-corrected chi connectivity index (χ4v) is 2.71. The van der Waals surface area contributed by atoms with Gasteiger partial charge in [-0.2, -0.15) is 5.10 Å². The Hall–Kier alpha value is -2.14. The molecule has 1 aliphatic rings. The molecule has 1 aromatic heterocycles.